The maximum Gasteiger partial charge on any atom is 0.322 e. The van der Waals surface area contributed by atoms with Crippen molar-refractivity contribution >= 4 is 27.5 Å². The Kier molecular flexibility index (Phi) is 10.1. The van der Waals surface area contributed by atoms with Gasteiger partial charge in [-0.15, -0.1) is 0 Å². The van der Waals surface area contributed by atoms with Gasteiger partial charge >= 0.3 is 5.97 Å². The van der Waals surface area contributed by atoms with E-state index in [4.69, 9.17) is 0 Å². The van der Waals surface area contributed by atoms with Gasteiger partial charge in [-0.1, -0.05) is 56.3 Å². The maximum atomic E-state index is 13.3. The van der Waals surface area contributed by atoms with Crippen LogP contribution in [-0.2, 0) is 32.6 Å². The molecule has 1 heterocycles. The van der Waals surface area contributed by atoms with Crippen LogP contribution in [0.3, 0.4) is 0 Å². The first-order valence-electron chi connectivity index (χ1n) is 15.6. The zero-order valence-corrected chi connectivity index (χ0v) is 27.1. The third-order valence-electron chi connectivity index (χ3n) is 9.20. The SMILES string of the molecule is CC(C)C1[C@H]2CCC1(CS(=O)(=O)NC(Cc1ccc(-c3cccc(N/C(=C/[N+](=O)[O-])NCc4cccnc4)c3)cc1)C(=O)O)C(=O)C2. The maximum absolute atomic E-state index is 13.3. The number of hydrogen-bond donors (Lipinski definition) is 4. The Hall–Kier alpha value is -4.62. The number of carboxylic acid groups (broad SMARTS) is 1. The van der Waals surface area contributed by atoms with Crippen molar-refractivity contribution in [2.24, 2.45) is 23.2 Å². The number of carboxylic acids is 1. The highest BCUT2D eigenvalue weighted by molar-refractivity contribution is 7.89. The van der Waals surface area contributed by atoms with Crippen LogP contribution in [0.15, 0.2) is 85.1 Å². The van der Waals surface area contributed by atoms with Gasteiger partial charge in [0.05, 0.1) is 10.7 Å². The van der Waals surface area contributed by atoms with Crippen molar-refractivity contribution in [2.75, 3.05) is 11.1 Å². The number of carbonyl (C=O) groups excluding carboxylic acids is 1. The second-order valence-electron chi connectivity index (χ2n) is 12.8. The predicted molar refractivity (Wildman–Crippen MR) is 177 cm³/mol. The van der Waals surface area contributed by atoms with Gasteiger partial charge in [0.1, 0.15) is 11.8 Å². The number of aliphatic carboxylic acids is 1. The van der Waals surface area contributed by atoms with Crippen LogP contribution in [-0.4, -0.2) is 47.0 Å². The molecule has 0 saturated heterocycles. The molecule has 2 aromatic carbocycles. The van der Waals surface area contributed by atoms with Crippen LogP contribution in [0.25, 0.3) is 11.1 Å². The summed E-state index contributed by atoms with van der Waals surface area (Å²) in [7, 11) is -4.08. The van der Waals surface area contributed by atoms with Crippen molar-refractivity contribution in [1.29, 1.82) is 0 Å². The van der Waals surface area contributed by atoms with Gasteiger partial charge in [-0.05, 0) is 77.5 Å². The predicted octanol–water partition coefficient (Wildman–Crippen LogP) is 4.58. The summed E-state index contributed by atoms with van der Waals surface area (Å²) in [5.74, 6) is -1.19. The molecule has 248 valence electrons. The largest absolute Gasteiger partial charge is 0.480 e. The van der Waals surface area contributed by atoms with Gasteiger partial charge in [-0.3, -0.25) is 24.7 Å². The lowest BCUT2D eigenvalue weighted by molar-refractivity contribution is -0.403. The zero-order chi connectivity index (χ0) is 33.8. The number of benzene rings is 2. The minimum absolute atomic E-state index is 0.0186. The van der Waals surface area contributed by atoms with Crippen molar-refractivity contribution in [3.63, 3.8) is 0 Å². The monoisotopic (exact) mass is 661 g/mol. The number of fused-ring (bicyclic) bond motifs is 2. The Balaban J connectivity index is 1.25. The van der Waals surface area contributed by atoms with Crippen LogP contribution in [0.1, 0.15) is 44.2 Å². The molecule has 13 heteroatoms. The van der Waals surface area contributed by atoms with Crippen molar-refractivity contribution in [3.8, 4) is 11.1 Å². The van der Waals surface area contributed by atoms with E-state index in [1.54, 1.807) is 54.9 Å². The van der Waals surface area contributed by atoms with E-state index < -0.39 is 32.4 Å². The average Bonchev–Trinajstić information content (AvgIpc) is 3.50. The van der Waals surface area contributed by atoms with Crippen molar-refractivity contribution in [3.05, 3.63) is 106 Å². The fourth-order valence-corrected chi connectivity index (χ4v) is 9.25. The van der Waals surface area contributed by atoms with Crippen molar-refractivity contribution in [2.45, 2.75) is 52.1 Å². The fraction of sp³-hybridized carbons (Fsp3) is 0.382. The lowest BCUT2D eigenvalue weighted by Gasteiger charge is -2.32. The highest BCUT2D eigenvalue weighted by Gasteiger charge is 2.61. The molecule has 2 bridgehead atoms. The highest BCUT2D eigenvalue weighted by atomic mass is 32.2. The summed E-state index contributed by atoms with van der Waals surface area (Å²) in [6.45, 7) is 4.35. The fourth-order valence-electron chi connectivity index (χ4n) is 7.37. The summed E-state index contributed by atoms with van der Waals surface area (Å²) in [6.07, 6.45) is 5.81. The van der Waals surface area contributed by atoms with E-state index in [2.05, 4.69) is 20.3 Å². The number of carbonyl (C=O) groups is 2. The average molecular weight is 662 g/mol. The number of aromatic nitrogens is 1. The lowest BCUT2D eigenvalue weighted by Crippen LogP contribution is -2.48. The van der Waals surface area contributed by atoms with Crippen LogP contribution >= 0.6 is 0 Å². The van der Waals surface area contributed by atoms with Crippen LogP contribution in [0.2, 0.25) is 0 Å². The minimum atomic E-state index is -4.08. The second-order valence-corrected chi connectivity index (χ2v) is 14.5. The highest BCUT2D eigenvalue weighted by Crippen LogP contribution is 2.59. The third-order valence-corrected chi connectivity index (χ3v) is 10.7. The van der Waals surface area contributed by atoms with E-state index >= 15 is 0 Å². The van der Waals surface area contributed by atoms with Gasteiger partial charge in [0.15, 0.2) is 5.82 Å². The molecule has 2 fully saturated rings. The lowest BCUT2D eigenvalue weighted by atomic mass is 9.75. The molecule has 5 rings (SSSR count). The van der Waals surface area contributed by atoms with Crippen LogP contribution in [0.4, 0.5) is 5.69 Å². The first-order chi connectivity index (χ1) is 22.3. The Labute approximate surface area is 273 Å². The molecule has 0 amide bonds. The summed E-state index contributed by atoms with van der Waals surface area (Å²) < 4.78 is 29.0. The second kappa shape index (κ2) is 14.0. The Morgan fingerprint density at radius 2 is 1.89 bits per heavy atom. The number of hydrogen-bond acceptors (Lipinski definition) is 9. The molecular weight excluding hydrogens is 622 g/mol. The number of nitro groups is 1. The summed E-state index contributed by atoms with van der Waals surface area (Å²) >= 11 is 0. The smallest absolute Gasteiger partial charge is 0.322 e. The van der Waals surface area contributed by atoms with E-state index in [9.17, 15) is 33.2 Å². The quantitative estimate of drug-likeness (QED) is 0.133. The molecule has 47 heavy (non-hydrogen) atoms. The van der Waals surface area contributed by atoms with E-state index in [1.807, 2.05) is 32.0 Å². The number of nitrogens with zero attached hydrogens (tertiary/aromatic N) is 2. The van der Waals surface area contributed by atoms with Crippen LogP contribution < -0.4 is 15.4 Å². The molecule has 12 nitrogen and oxygen atoms in total. The van der Waals surface area contributed by atoms with Crippen molar-refractivity contribution < 1.29 is 28.0 Å². The summed E-state index contributed by atoms with van der Waals surface area (Å²) in [5, 5.41) is 27.2. The summed E-state index contributed by atoms with van der Waals surface area (Å²) in [6, 6.07) is 16.6. The molecule has 1 aromatic heterocycles. The molecule has 4 N–H and O–H groups in total. The van der Waals surface area contributed by atoms with E-state index in [-0.39, 0.29) is 41.5 Å². The van der Waals surface area contributed by atoms with Crippen LogP contribution in [0.5, 0.6) is 0 Å². The number of Topliss-reactive ketones (excluding diaryl/α,β-unsaturated/α-hetero) is 1. The molecule has 3 aromatic rings. The van der Waals surface area contributed by atoms with Gasteiger partial charge < -0.3 is 15.7 Å². The topological polar surface area (TPSA) is 181 Å². The van der Waals surface area contributed by atoms with E-state index in [0.29, 0.717) is 30.6 Å². The van der Waals surface area contributed by atoms with E-state index in [0.717, 1.165) is 29.3 Å². The number of anilines is 1. The Bertz CT molecular complexity index is 1760. The number of ketones is 1. The number of nitrogens with one attached hydrogen (secondary N) is 3. The Morgan fingerprint density at radius 3 is 2.53 bits per heavy atom. The first kappa shape index (κ1) is 33.7. The zero-order valence-electron chi connectivity index (χ0n) is 26.3. The van der Waals surface area contributed by atoms with Gasteiger partial charge in [0.2, 0.25) is 10.0 Å². The molecule has 2 aliphatic carbocycles. The number of rotatable bonds is 15. The Morgan fingerprint density at radius 1 is 1.13 bits per heavy atom. The van der Waals surface area contributed by atoms with Crippen molar-refractivity contribution in [1.82, 2.24) is 15.0 Å². The summed E-state index contributed by atoms with van der Waals surface area (Å²) in [4.78, 5) is 39.9. The third kappa shape index (κ3) is 8.03. The van der Waals surface area contributed by atoms with Gasteiger partial charge in [0, 0.05) is 36.5 Å². The minimum Gasteiger partial charge on any atom is -0.480 e. The molecular formula is C34H39N5O7S. The van der Waals surface area contributed by atoms with Gasteiger partial charge in [-0.2, -0.15) is 0 Å². The standard InChI is InChI=1S/C34H39N5O7S/c1-22(2)32-27-12-13-34(32,30(40)17-27)21-47(45,46)38-29(33(41)42)15-23-8-10-25(11-9-23)26-6-3-7-28(16-26)37-31(20-39(43)44)36-19-24-5-4-14-35-18-24/h3-11,14,16,18,20,22,27,29,32,36-38H,12-13,15,17,19,21H2,1-2H3,(H,41,42)/b31-20+/t27-,29?,32?,34?/m0/s1. The van der Waals surface area contributed by atoms with Crippen LogP contribution in [0, 0.1) is 33.3 Å². The molecule has 2 saturated carbocycles. The number of sulfonamides is 1. The molecule has 0 aliphatic heterocycles. The first-order valence-corrected chi connectivity index (χ1v) is 17.2. The normalized spacial score (nSPS) is 21.5. The van der Waals surface area contributed by atoms with Gasteiger partial charge in [-0.25, -0.2) is 13.1 Å². The molecule has 4 atom stereocenters. The number of pyridine rings is 1. The molecule has 2 aliphatic rings. The molecule has 0 radical (unpaired) electrons. The molecule has 0 spiro atoms. The summed E-state index contributed by atoms with van der Waals surface area (Å²) in [5.41, 5.74) is 2.73. The van der Waals surface area contributed by atoms with Gasteiger partial charge in [0.25, 0.3) is 6.20 Å². The van der Waals surface area contributed by atoms with E-state index in [1.165, 1.54) is 0 Å². The molecule has 3 unspecified atom stereocenters.